The van der Waals surface area contributed by atoms with Crippen molar-refractivity contribution in [1.29, 1.82) is 0 Å². The third kappa shape index (κ3) is 2.63. The van der Waals surface area contributed by atoms with Gasteiger partial charge in [-0.25, -0.2) is 0 Å². The second kappa shape index (κ2) is 4.98. The zero-order valence-electron chi connectivity index (χ0n) is 10.3. The van der Waals surface area contributed by atoms with Gasteiger partial charge >= 0.3 is 0 Å². The van der Waals surface area contributed by atoms with E-state index >= 15 is 0 Å². The summed E-state index contributed by atoms with van der Waals surface area (Å²) in [6.45, 7) is 7.81. The largest absolute Gasteiger partial charge is 0.326 e. The molecule has 0 aromatic heterocycles. The van der Waals surface area contributed by atoms with E-state index in [0.29, 0.717) is 17.9 Å². The van der Waals surface area contributed by atoms with Gasteiger partial charge in [-0.05, 0) is 17.4 Å². The lowest BCUT2D eigenvalue weighted by molar-refractivity contribution is 0.111. The molecule has 1 saturated heterocycles. The molecule has 2 rings (SSSR count). The SMILES string of the molecule is C[C@@H]1[C@H](C)CN(Cc2ccccc2)C[C@H]1N. The number of nitrogens with zero attached hydrogens (tertiary/aromatic N) is 1. The lowest BCUT2D eigenvalue weighted by atomic mass is 9.85. The Hall–Kier alpha value is -0.860. The van der Waals surface area contributed by atoms with Gasteiger partial charge in [0, 0.05) is 25.7 Å². The predicted octanol–water partition coefficient (Wildman–Crippen LogP) is 2.10. The molecule has 0 spiro atoms. The number of hydrogen-bond acceptors (Lipinski definition) is 2. The van der Waals surface area contributed by atoms with Crippen LogP contribution in [0.3, 0.4) is 0 Å². The molecule has 88 valence electrons. The van der Waals surface area contributed by atoms with Gasteiger partial charge in [0.15, 0.2) is 0 Å². The molecule has 1 fully saturated rings. The van der Waals surface area contributed by atoms with Crippen LogP contribution in [0.2, 0.25) is 0 Å². The highest BCUT2D eigenvalue weighted by Crippen LogP contribution is 2.23. The highest BCUT2D eigenvalue weighted by Gasteiger charge is 2.28. The van der Waals surface area contributed by atoms with E-state index in [4.69, 9.17) is 5.73 Å². The summed E-state index contributed by atoms with van der Waals surface area (Å²) in [6, 6.07) is 11.0. The van der Waals surface area contributed by atoms with Crippen molar-refractivity contribution in [3.05, 3.63) is 35.9 Å². The van der Waals surface area contributed by atoms with Gasteiger partial charge in [-0.2, -0.15) is 0 Å². The third-order valence-corrected chi connectivity index (χ3v) is 3.84. The molecule has 1 aliphatic heterocycles. The second-order valence-electron chi connectivity index (χ2n) is 5.18. The Bertz CT molecular complexity index is 311. The minimum Gasteiger partial charge on any atom is -0.326 e. The maximum atomic E-state index is 6.17. The molecule has 0 radical (unpaired) electrons. The first kappa shape index (κ1) is 11.6. The van der Waals surface area contributed by atoms with Gasteiger partial charge < -0.3 is 5.73 Å². The van der Waals surface area contributed by atoms with Crippen molar-refractivity contribution in [2.45, 2.75) is 26.4 Å². The summed E-state index contributed by atoms with van der Waals surface area (Å²) in [5.41, 5.74) is 7.56. The molecule has 0 amide bonds. The molecule has 1 aromatic rings. The van der Waals surface area contributed by atoms with Gasteiger partial charge in [0.05, 0.1) is 0 Å². The molecular weight excluding hydrogens is 196 g/mol. The van der Waals surface area contributed by atoms with E-state index in [9.17, 15) is 0 Å². The topological polar surface area (TPSA) is 29.3 Å². The smallest absolute Gasteiger partial charge is 0.0234 e. The first-order valence-electron chi connectivity index (χ1n) is 6.18. The van der Waals surface area contributed by atoms with Crippen LogP contribution in [-0.4, -0.2) is 24.0 Å². The van der Waals surface area contributed by atoms with Crippen LogP contribution in [0.1, 0.15) is 19.4 Å². The van der Waals surface area contributed by atoms with E-state index in [2.05, 4.69) is 49.1 Å². The number of hydrogen-bond donors (Lipinski definition) is 1. The maximum Gasteiger partial charge on any atom is 0.0234 e. The first-order valence-corrected chi connectivity index (χ1v) is 6.18. The summed E-state index contributed by atoms with van der Waals surface area (Å²) in [6.07, 6.45) is 0. The van der Waals surface area contributed by atoms with Crippen LogP contribution in [0, 0.1) is 11.8 Å². The van der Waals surface area contributed by atoms with E-state index < -0.39 is 0 Å². The minimum absolute atomic E-state index is 0.326. The van der Waals surface area contributed by atoms with Crippen molar-refractivity contribution in [2.24, 2.45) is 17.6 Å². The number of benzene rings is 1. The van der Waals surface area contributed by atoms with Crippen LogP contribution in [0.5, 0.6) is 0 Å². The fourth-order valence-corrected chi connectivity index (χ4v) is 2.51. The van der Waals surface area contributed by atoms with Gasteiger partial charge in [-0.1, -0.05) is 44.2 Å². The Morgan fingerprint density at radius 3 is 2.50 bits per heavy atom. The third-order valence-electron chi connectivity index (χ3n) is 3.84. The van der Waals surface area contributed by atoms with Gasteiger partial charge in [-0.3, -0.25) is 4.90 Å². The van der Waals surface area contributed by atoms with E-state index in [-0.39, 0.29) is 0 Å². The lowest BCUT2D eigenvalue weighted by Gasteiger charge is -2.39. The van der Waals surface area contributed by atoms with Crippen molar-refractivity contribution in [1.82, 2.24) is 4.90 Å². The number of rotatable bonds is 2. The van der Waals surface area contributed by atoms with Gasteiger partial charge in [0.2, 0.25) is 0 Å². The molecule has 2 nitrogen and oxygen atoms in total. The number of piperidine rings is 1. The second-order valence-corrected chi connectivity index (χ2v) is 5.18. The van der Waals surface area contributed by atoms with Crippen LogP contribution >= 0.6 is 0 Å². The zero-order chi connectivity index (χ0) is 11.5. The average Bonchev–Trinajstić information content (AvgIpc) is 2.27. The molecule has 0 unspecified atom stereocenters. The molecule has 0 bridgehead atoms. The molecule has 16 heavy (non-hydrogen) atoms. The summed E-state index contributed by atoms with van der Waals surface area (Å²) in [5, 5.41) is 0. The Kier molecular flexibility index (Phi) is 3.62. The molecule has 1 aliphatic rings. The lowest BCUT2D eigenvalue weighted by Crippen LogP contribution is -2.51. The van der Waals surface area contributed by atoms with Crippen molar-refractivity contribution in [3.63, 3.8) is 0 Å². The summed E-state index contributed by atoms with van der Waals surface area (Å²) in [4.78, 5) is 2.48. The summed E-state index contributed by atoms with van der Waals surface area (Å²) in [5.74, 6) is 1.35. The van der Waals surface area contributed by atoms with E-state index in [1.807, 2.05) is 0 Å². The molecule has 3 atom stereocenters. The van der Waals surface area contributed by atoms with Crippen molar-refractivity contribution >= 4 is 0 Å². The Balaban J connectivity index is 1.97. The van der Waals surface area contributed by atoms with Gasteiger partial charge in [-0.15, -0.1) is 0 Å². The van der Waals surface area contributed by atoms with E-state index in [0.717, 1.165) is 13.1 Å². The van der Waals surface area contributed by atoms with Gasteiger partial charge in [0.1, 0.15) is 0 Å². The first-order chi connectivity index (χ1) is 7.66. The number of likely N-dealkylation sites (tertiary alicyclic amines) is 1. The normalized spacial score (nSPS) is 31.6. The highest BCUT2D eigenvalue weighted by atomic mass is 15.1. The summed E-state index contributed by atoms with van der Waals surface area (Å²) in [7, 11) is 0. The molecule has 2 heteroatoms. The van der Waals surface area contributed by atoms with Crippen LogP contribution < -0.4 is 5.73 Å². The van der Waals surface area contributed by atoms with Crippen molar-refractivity contribution in [3.8, 4) is 0 Å². The quantitative estimate of drug-likeness (QED) is 0.823. The van der Waals surface area contributed by atoms with E-state index in [1.54, 1.807) is 0 Å². The Morgan fingerprint density at radius 2 is 1.88 bits per heavy atom. The molecule has 0 aliphatic carbocycles. The predicted molar refractivity (Wildman–Crippen MR) is 68.0 cm³/mol. The fraction of sp³-hybridized carbons (Fsp3) is 0.571. The fourth-order valence-electron chi connectivity index (χ4n) is 2.51. The molecule has 1 heterocycles. The summed E-state index contributed by atoms with van der Waals surface area (Å²) >= 11 is 0. The Labute approximate surface area is 98.4 Å². The highest BCUT2D eigenvalue weighted by molar-refractivity contribution is 5.14. The van der Waals surface area contributed by atoms with Crippen LogP contribution in [-0.2, 0) is 6.54 Å². The molecule has 1 aromatic carbocycles. The monoisotopic (exact) mass is 218 g/mol. The maximum absolute atomic E-state index is 6.17. The zero-order valence-corrected chi connectivity index (χ0v) is 10.3. The standard InChI is InChI=1S/C14H22N2/c1-11-8-16(10-14(15)12(11)2)9-13-6-4-3-5-7-13/h3-7,11-12,14H,8-10,15H2,1-2H3/t11-,12-,14-/m1/s1. The van der Waals surface area contributed by atoms with Crippen LogP contribution in [0.25, 0.3) is 0 Å². The van der Waals surface area contributed by atoms with Gasteiger partial charge in [0.25, 0.3) is 0 Å². The van der Waals surface area contributed by atoms with E-state index in [1.165, 1.54) is 12.1 Å². The molecule has 0 saturated carbocycles. The molecular formula is C14H22N2. The van der Waals surface area contributed by atoms with Crippen molar-refractivity contribution < 1.29 is 0 Å². The van der Waals surface area contributed by atoms with Crippen molar-refractivity contribution in [2.75, 3.05) is 13.1 Å². The summed E-state index contributed by atoms with van der Waals surface area (Å²) < 4.78 is 0. The minimum atomic E-state index is 0.326. The number of nitrogens with two attached hydrogens (primary N) is 1. The Morgan fingerprint density at radius 1 is 1.19 bits per heavy atom. The van der Waals surface area contributed by atoms with Crippen LogP contribution in [0.15, 0.2) is 30.3 Å². The van der Waals surface area contributed by atoms with Crippen LogP contribution in [0.4, 0.5) is 0 Å². The molecule has 2 N–H and O–H groups in total. The average molecular weight is 218 g/mol.